The highest BCUT2D eigenvalue weighted by Crippen LogP contribution is 2.26. The molecule has 0 heterocycles. The van der Waals surface area contributed by atoms with E-state index in [1.165, 1.54) is 0 Å². The van der Waals surface area contributed by atoms with E-state index in [1.807, 2.05) is 30.3 Å². The van der Waals surface area contributed by atoms with E-state index in [4.69, 9.17) is 5.84 Å². The first-order valence-corrected chi connectivity index (χ1v) is 11.6. The Labute approximate surface area is 199 Å². The van der Waals surface area contributed by atoms with Crippen molar-refractivity contribution < 1.29 is 24.0 Å². The molecule has 1 saturated carbocycles. The van der Waals surface area contributed by atoms with Crippen LogP contribution in [0.5, 0.6) is 0 Å². The largest absolute Gasteiger partial charge is 0.352 e. The minimum atomic E-state index is -0.763. The van der Waals surface area contributed by atoms with Gasteiger partial charge in [-0.05, 0) is 50.5 Å². The maximum Gasteiger partial charge on any atom is 0.239 e. The molecule has 0 radical (unpaired) electrons. The van der Waals surface area contributed by atoms with Gasteiger partial charge in [-0.25, -0.2) is 5.43 Å². The lowest BCUT2D eigenvalue weighted by atomic mass is 9.83. The van der Waals surface area contributed by atoms with Crippen LogP contribution >= 0.6 is 0 Å². The molecule has 0 bridgehead atoms. The summed E-state index contributed by atoms with van der Waals surface area (Å²) in [6.07, 6.45) is 4.38. The van der Waals surface area contributed by atoms with Crippen molar-refractivity contribution in [3.63, 3.8) is 0 Å². The zero-order valence-electron chi connectivity index (χ0n) is 19.6. The topological polar surface area (TPSA) is 159 Å². The number of Topliss-reactive ketones (excluding diaryl/α,β-unsaturated/α-hetero) is 3. The number of nitrogens with two attached hydrogens (primary N) is 1. The summed E-state index contributed by atoms with van der Waals surface area (Å²) < 4.78 is 0. The van der Waals surface area contributed by atoms with Crippen LogP contribution in [-0.4, -0.2) is 60.9 Å². The van der Waals surface area contributed by atoms with Gasteiger partial charge in [0.2, 0.25) is 23.4 Å². The zero-order chi connectivity index (χ0) is 24.9. The summed E-state index contributed by atoms with van der Waals surface area (Å²) in [5.41, 5.74) is 3.31. The highest BCUT2D eigenvalue weighted by molar-refractivity contribution is 6.39. The molecule has 6 N–H and O–H groups in total. The van der Waals surface area contributed by atoms with Crippen LogP contribution in [0.2, 0.25) is 0 Å². The molecular formula is C24H35N5O5. The van der Waals surface area contributed by atoms with E-state index < -0.39 is 30.1 Å². The number of amides is 2. The number of ketones is 3. The molecule has 34 heavy (non-hydrogen) atoms. The van der Waals surface area contributed by atoms with Gasteiger partial charge in [-0.2, -0.15) is 0 Å². The van der Waals surface area contributed by atoms with Gasteiger partial charge in [-0.1, -0.05) is 30.3 Å². The van der Waals surface area contributed by atoms with Gasteiger partial charge in [0.05, 0.1) is 19.6 Å². The van der Waals surface area contributed by atoms with Crippen molar-refractivity contribution >= 4 is 29.2 Å². The molecule has 0 unspecified atom stereocenters. The smallest absolute Gasteiger partial charge is 0.239 e. The molecule has 10 heteroatoms. The summed E-state index contributed by atoms with van der Waals surface area (Å²) in [5.74, 6) is 3.81. The van der Waals surface area contributed by atoms with Crippen molar-refractivity contribution in [3.8, 4) is 0 Å². The normalized spacial score (nSPS) is 18.5. The third kappa shape index (κ3) is 9.90. The van der Waals surface area contributed by atoms with E-state index in [0.29, 0.717) is 18.8 Å². The second-order valence-corrected chi connectivity index (χ2v) is 8.77. The van der Waals surface area contributed by atoms with Gasteiger partial charge in [0.15, 0.2) is 0 Å². The van der Waals surface area contributed by atoms with Gasteiger partial charge >= 0.3 is 0 Å². The Kier molecular flexibility index (Phi) is 11.5. The summed E-state index contributed by atoms with van der Waals surface area (Å²) >= 11 is 0. The Balaban J connectivity index is 1.62. The van der Waals surface area contributed by atoms with Crippen LogP contribution in [0.25, 0.3) is 0 Å². The van der Waals surface area contributed by atoms with Gasteiger partial charge in [0, 0.05) is 12.5 Å². The highest BCUT2D eigenvalue weighted by Gasteiger charge is 2.24. The van der Waals surface area contributed by atoms with Crippen molar-refractivity contribution in [1.29, 1.82) is 0 Å². The van der Waals surface area contributed by atoms with E-state index in [2.05, 4.69) is 21.4 Å². The standard InChI is InChI=1S/C24H35N5O5/c1-16(30)11-18-7-9-19(10-8-18)28-23(33)15-26-13-21(31)22(32)14-27-24(34)20(29-25)12-17-5-3-2-4-6-17/h2-6,18-20,26,29H,7-15,25H2,1H3,(H,27,34)(H,28,33)/t18?,19?,20-/m0/s1. The third-order valence-corrected chi connectivity index (χ3v) is 5.89. The highest BCUT2D eigenvalue weighted by atomic mass is 16.2. The Morgan fingerprint density at radius 3 is 2.21 bits per heavy atom. The Morgan fingerprint density at radius 2 is 1.59 bits per heavy atom. The molecule has 186 valence electrons. The lowest BCUT2D eigenvalue weighted by Gasteiger charge is -2.28. The van der Waals surface area contributed by atoms with Gasteiger partial charge in [-0.15, -0.1) is 0 Å². The zero-order valence-corrected chi connectivity index (χ0v) is 19.6. The van der Waals surface area contributed by atoms with E-state index in [-0.39, 0.29) is 30.8 Å². The number of rotatable bonds is 14. The van der Waals surface area contributed by atoms with Crippen LogP contribution in [0.15, 0.2) is 30.3 Å². The maximum absolute atomic E-state index is 12.3. The first kappa shape index (κ1) is 27.3. The molecule has 2 rings (SSSR count). The summed E-state index contributed by atoms with van der Waals surface area (Å²) in [4.78, 5) is 59.6. The average Bonchev–Trinajstić information content (AvgIpc) is 2.82. The second kappa shape index (κ2) is 14.3. The van der Waals surface area contributed by atoms with Crippen LogP contribution in [-0.2, 0) is 30.4 Å². The van der Waals surface area contributed by atoms with Crippen molar-refractivity contribution in [1.82, 2.24) is 21.4 Å². The molecular weight excluding hydrogens is 438 g/mol. The molecule has 0 aliphatic heterocycles. The predicted molar refractivity (Wildman–Crippen MR) is 126 cm³/mol. The van der Waals surface area contributed by atoms with E-state index in [0.717, 1.165) is 31.2 Å². The molecule has 2 amide bonds. The van der Waals surface area contributed by atoms with Crippen LogP contribution in [0.1, 0.15) is 44.6 Å². The van der Waals surface area contributed by atoms with Crippen LogP contribution in [0.3, 0.4) is 0 Å². The maximum atomic E-state index is 12.3. The first-order chi connectivity index (χ1) is 16.3. The number of carbonyl (C=O) groups is 5. The molecule has 10 nitrogen and oxygen atoms in total. The lowest BCUT2D eigenvalue weighted by Crippen LogP contribution is -2.50. The predicted octanol–water partition coefficient (Wildman–Crippen LogP) is -0.441. The second-order valence-electron chi connectivity index (χ2n) is 8.77. The van der Waals surface area contributed by atoms with Crippen molar-refractivity contribution in [2.45, 2.75) is 57.5 Å². The van der Waals surface area contributed by atoms with Gasteiger partial charge in [-0.3, -0.25) is 25.0 Å². The molecule has 0 spiro atoms. The van der Waals surface area contributed by atoms with E-state index in [1.54, 1.807) is 6.92 Å². The molecule has 1 aliphatic rings. The first-order valence-electron chi connectivity index (χ1n) is 11.6. The average molecular weight is 474 g/mol. The monoisotopic (exact) mass is 473 g/mol. The van der Waals surface area contributed by atoms with Gasteiger partial charge in [0.25, 0.3) is 0 Å². The molecule has 0 saturated heterocycles. The van der Waals surface area contributed by atoms with Gasteiger partial charge in [0.1, 0.15) is 11.8 Å². The van der Waals surface area contributed by atoms with Crippen molar-refractivity contribution in [2.75, 3.05) is 19.6 Å². The fourth-order valence-corrected chi connectivity index (χ4v) is 4.05. The van der Waals surface area contributed by atoms with Crippen LogP contribution in [0, 0.1) is 5.92 Å². The Hall–Kier alpha value is -2.95. The summed E-state index contributed by atoms with van der Waals surface area (Å²) in [6.45, 7) is 0.771. The lowest BCUT2D eigenvalue weighted by molar-refractivity contribution is -0.136. The Bertz CT molecular complexity index is 853. The SMILES string of the molecule is CC(=O)CC1CCC(NC(=O)CNCC(=O)C(=O)CNC(=O)[C@H](Cc2ccccc2)NN)CC1. The summed E-state index contributed by atoms with van der Waals surface area (Å²) in [7, 11) is 0. The number of hydrogen-bond acceptors (Lipinski definition) is 8. The Morgan fingerprint density at radius 1 is 0.941 bits per heavy atom. The summed E-state index contributed by atoms with van der Waals surface area (Å²) in [5, 5.41) is 8.01. The fraction of sp³-hybridized carbons (Fsp3) is 0.542. The quantitative estimate of drug-likeness (QED) is 0.138. The number of benzene rings is 1. The molecule has 0 aromatic heterocycles. The van der Waals surface area contributed by atoms with Gasteiger partial charge < -0.3 is 20.7 Å². The molecule has 1 atom stereocenters. The van der Waals surface area contributed by atoms with Crippen molar-refractivity contribution in [2.24, 2.45) is 11.8 Å². The minimum Gasteiger partial charge on any atom is -0.352 e. The molecule has 1 aromatic carbocycles. The number of nitrogens with one attached hydrogen (secondary N) is 4. The number of carbonyl (C=O) groups excluding carboxylic acids is 5. The molecule has 1 aliphatic carbocycles. The van der Waals surface area contributed by atoms with Crippen molar-refractivity contribution in [3.05, 3.63) is 35.9 Å². The third-order valence-electron chi connectivity index (χ3n) is 5.89. The summed E-state index contributed by atoms with van der Waals surface area (Å²) in [6, 6.07) is 8.57. The molecule has 1 fully saturated rings. The molecule has 1 aromatic rings. The fourth-order valence-electron chi connectivity index (χ4n) is 4.05. The van der Waals surface area contributed by atoms with Crippen LogP contribution < -0.4 is 27.2 Å². The minimum absolute atomic E-state index is 0.0602. The van der Waals surface area contributed by atoms with E-state index in [9.17, 15) is 24.0 Å². The van der Waals surface area contributed by atoms with Crippen LogP contribution in [0.4, 0.5) is 0 Å². The number of hydrazine groups is 1. The number of hydrogen-bond donors (Lipinski definition) is 5. The van der Waals surface area contributed by atoms with E-state index >= 15 is 0 Å².